The van der Waals surface area contributed by atoms with Crippen molar-refractivity contribution in [1.82, 2.24) is 14.8 Å². The zero-order chi connectivity index (χ0) is 24.4. The Kier molecular flexibility index (Phi) is 6.68. The number of nitrogens with one attached hydrogen (secondary N) is 1. The highest BCUT2D eigenvalue weighted by atomic mass is 32.2. The number of amides is 1. The largest absolute Gasteiger partial charge is 0.485 e. The summed E-state index contributed by atoms with van der Waals surface area (Å²) < 4.78 is 19.5. The highest BCUT2D eigenvalue weighted by Gasteiger charge is 2.28. The first-order valence-electron chi connectivity index (χ1n) is 11.8. The van der Waals surface area contributed by atoms with E-state index in [0.29, 0.717) is 34.8 Å². The Hall–Kier alpha value is -3.45. The predicted octanol–water partition coefficient (Wildman–Crippen LogP) is 5.11. The van der Waals surface area contributed by atoms with Gasteiger partial charge in [-0.15, -0.1) is 10.2 Å². The highest BCUT2D eigenvalue weighted by molar-refractivity contribution is 7.99. The molecule has 1 N–H and O–H groups in total. The maximum atomic E-state index is 12.9. The molecule has 0 bridgehead atoms. The van der Waals surface area contributed by atoms with E-state index in [1.165, 1.54) is 6.42 Å². The highest BCUT2D eigenvalue weighted by Crippen LogP contribution is 2.38. The summed E-state index contributed by atoms with van der Waals surface area (Å²) in [7, 11) is 0. The van der Waals surface area contributed by atoms with Crippen LogP contribution in [0.5, 0.6) is 11.5 Å². The second kappa shape index (κ2) is 10.0. The average Bonchev–Trinajstić information content (AvgIpc) is 3.45. The van der Waals surface area contributed by atoms with E-state index in [4.69, 9.17) is 13.9 Å². The average molecular weight is 494 g/mol. The molecular weight excluding hydrogens is 466 g/mol. The quantitative estimate of drug-likeness (QED) is 0.471. The summed E-state index contributed by atoms with van der Waals surface area (Å²) in [5.74, 6) is 2.03. The number of hydrogen-bond acceptors (Lipinski definition) is 8. The molecular formula is C25H27N5O4S. The molecule has 1 amide bonds. The van der Waals surface area contributed by atoms with E-state index in [1.54, 1.807) is 0 Å². The number of benzene rings is 1. The lowest BCUT2D eigenvalue weighted by Crippen LogP contribution is -2.22. The number of carbonyl (C=O) groups is 1. The molecule has 182 valence electrons. The maximum absolute atomic E-state index is 12.9. The SMILES string of the molecule is Cc1c(C#N)c(NC(=O)CSc2nnc([C@H]3COc4ccccc4O3)o2)n(C2CCCCC2)c1C. The van der Waals surface area contributed by atoms with Crippen LogP contribution >= 0.6 is 11.8 Å². The Morgan fingerprint density at radius 1 is 1.20 bits per heavy atom. The maximum Gasteiger partial charge on any atom is 0.277 e. The third kappa shape index (κ3) is 4.73. The number of thioether (sulfide) groups is 1. The number of ether oxygens (including phenoxy) is 2. The molecule has 1 saturated carbocycles. The van der Waals surface area contributed by atoms with Gasteiger partial charge in [0.25, 0.3) is 11.1 Å². The standard InChI is InChI=1S/C25H27N5O4S/c1-15-16(2)30(17-8-4-3-5-9-17)23(18(15)12-26)27-22(31)14-35-25-29-28-24(34-25)21-13-32-19-10-6-7-11-20(19)33-21/h6-7,10-11,17,21H,3-5,8-9,13-14H2,1-2H3,(H,27,31)/t21-/m1/s1. The van der Waals surface area contributed by atoms with Gasteiger partial charge in [0.05, 0.1) is 11.3 Å². The van der Waals surface area contributed by atoms with E-state index in [0.717, 1.165) is 48.7 Å². The fourth-order valence-corrected chi connectivity index (χ4v) is 5.30. The van der Waals surface area contributed by atoms with Gasteiger partial charge in [0.15, 0.2) is 11.5 Å². The summed E-state index contributed by atoms with van der Waals surface area (Å²) in [4.78, 5) is 12.9. The van der Waals surface area contributed by atoms with Crippen LogP contribution in [0.1, 0.15) is 67.0 Å². The summed E-state index contributed by atoms with van der Waals surface area (Å²) in [6, 6.07) is 9.98. The van der Waals surface area contributed by atoms with E-state index < -0.39 is 6.10 Å². The molecule has 3 aromatic rings. The number of rotatable bonds is 6. The van der Waals surface area contributed by atoms with Crippen LogP contribution in [0.4, 0.5) is 5.82 Å². The lowest BCUT2D eigenvalue weighted by Gasteiger charge is -2.27. The van der Waals surface area contributed by atoms with Crippen LogP contribution < -0.4 is 14.8 Å². The Morgan fingerprint density at radius 3 is 2.74 bits per heavy atom. The van der Waals surface area contributed by atoms with Gasteiger partial charge in [0, 0.05) is 11.7 Å². The van der Waals surface area contributed by atoms with Gasteiger partial charge >= 0.3 is 0 Å². The summed E-state index contributed by atoms with van der Waals surface area (Å²) >= 11 is 1.14. The number of carbonyl (C=O) groups excluding carboxylic acids is 1. The first-order valence-corrected chi connectivity index (χ1v) is 12.8. The van der Waals surface area contributed by atoms with E-state index in [9.17, 15) is 10.1 Å². The minimum absolute atomic E-state index is 0.0747. The molecule has 2 aromatic heterocycles. The zero-order valence-corrected chi connectivity index (χ0v) is 20.6. The number of aromatic nitrogens is 3. The topological polar surface area (TPSA) is 115 Å². The fraction of sp³-hybridized carbons (Fsp3) is 0.440. The van der Waals surface area contributed by atoms with Gasteiger partial charge in [-0.2, -0.15) is 5.26 Å². The Labute approximate surface area is 207 Å². The molecule has 35 heavy (non-hydrogen) atoms. The monoisotopic (exact) mass is 493 g/mol. The molecule has 1 atom stereocenters. The van der Waals surface area contributed by atoms with Gasteiger partial charge in [-0.3, -0.25) is 4.79 Å². The van der Waals surface area contributed by atoms with E-state index in [1.807, 2.05) is 38.1 Å². The van der Waals surface area contributed by atoms with Crippen molar-refractivity contribution >= 4 is 23.5 Å². The number of hydrogen-bond donors (Lipinski definition) is 1. The minimum Gasteiger partial charge on any atom is -0.485 e. The normalized spacial score (nSPS) is 17.7. The molecule has 0 spiro atoms. The van der Waals surface area contributed by atoms with Gasteiger partial charge in [-0.25, -0.2) is 0 Å². The molecule has 2 aliphatic rings. The molecule has 0 saturated heterocycles. The molecule has 5 rings (SSSR count). The molecule has 3 heterocycles. The summed E-state index contributed by atoms with van der Waals surface area (Å²) in [6.45, 7) is 4.22. The summed E-state index contributed by atoms with van der Waals surface area (Å²) in [5, 5.41) is 21.1. The van der Waals surface area contributed by atoms with E-state index >= 15 is 0 Å². The van der Waals surface area contributed by atoms with Crippen molar-refractivity contribution in [2.45, 2.75) is 63.3 Å². The molecule has 10 heteroatoms. The molecule has 1 aromatic carbocycles. The minimum atomic E-state index is -0.511. The second-order valence-corrected chi connectivity index (χ2v) is 9.74. The van der Waals surface area contributed by atoms with Gasteiger partial charge in [0.1, 0.15) is 18.5 Å². The number of para-hydroxylation sites is 2. The molecule has 1 aliphatic heterocycles. The first kappa shape index (κ1) is 23.3. The van der Waals surface area contributed by atoms with Gasteiger partial charge in [0.2, 0.25) is 12.0 Å². The Bertz CT molecular complexity index is 1270. The Morgan fingerprint density at radius 2 is 1.97 bits per heavy atom. The van der Waals surface area contributed by atoms with E-state index in [-0.39, 0.29) is 23.5 Å². The van der Waals surface area contributed by atoms with Crippen LogP contribution in [0, 0.1) is 25.2 Å². The third-order valence-corrected chi connectivity index (χ3v) is 7.42. The van der Waals surface area contributed by atoms with Crippen LogP contribution in [0.2, 0.25) is 0 Å². The number of nitrogens with zero attached hydrogens (tertiary/aromatic N) is 4. The van der Waals surface area contributed by atoms with Crippen LogP contribution in [-0.2, 0) is 4.79 Å². The molecule has 1 aliphatic carbocycles. The van der Waals surface area contributed by atoms with Crippen molar-refractivity contribution in [3.8, 4) is 17.6 Å². The Balaban J connectivity index is 1.24. The van der Waals surface area contributed by atoms with Gasteiger partial charge < -0.3 is 23.8 Å². The van der Waals surface area contributed by atoms with Crippen molar-refractivity contribution in [3.05, 3.63) is 47.0 Å². The fourth-order valence-electron chi connectivity index (χ4n) is 4.73. The molecule has 0 unspecified atom stereocenters. The van der Waals surface area contributed by atoms with Crippen molar-refractivity contribution < 1.29 is 18.7 Å². The zero-order valence-electron chi connectivity index (χ0n) is 19.7. The first-order chi connectivity index (χ1) is 17.0. The molecule has 1 fully saturated rings. The van der Waals surface area contributed by atoms with E-state index in [2.05, 4.69) is 26.2 Å². The van der Waals surface area contributed by atoms with Crippen LogP contribution in [-0.4, -0.2) is 33.0 Å². The smallest absolute Gasteiger partial charge is 0.277 e. The lowest BCUT2D eigenvalue weighted by molar-refractivity contribution is -0.113. The number of anilines is 1. The van der Waals surface area contributed by atoms with Gasteiger partial charge in [-0.05, 0) is 44.4 Å². The molecule has 0 radical (unpaired) electrons. The lowest BCUT2D eigenvalue weighted by atomic mass is 9.95. The molecule has 9 nitrogen and oxygen atoms in total. The predicted molar refractivity (Wildman–Crippen MR) is 130 cm³/mol. The van der Waals surface area contributed by atoms with Crippen molar-refractivity contribution in [2.75, 3.05) is 17.7 Å². The van der Waals surface area contributed by atoms with Crippen molar-refractivity contribution in [1.29, 1.82) is 5.26 Å². The van der Waals surface area contributed by atoms with Crippen LogP contribution in [0.3, 0.4) is 0 Å². The van der Waals surface area contributed by atoms with Crippen LogP contribution in [0.25, 0.3) is 0 Å². The van der Waals surface area contributed by atoms with Crippen LogP contribution in [0.15, 0.2) is 33.9 Å². The van der Waals surface area contributed by atoms with Gasteiger partial charge in [-0.1, -0.05) is 43.2 Å². The van der Waals surface area contributed by atoms with Crippen molar-refractivity contribution in [3.63, 3.8) is 0 Å². The summed E-state index contributed by atoms with van der Waals surface area (Å²) in [5.41, 5.74) is 2.48. The van der Waals surface area contributed by atoms with Crippen molar-refractivity contribution in [2.24, 2.45) is 0 Å². The number of nitriles is 1. The number of fused-ring (bicyclic) bond motifs is 1. The second-order valence-electron chi connectivity index (χ2n) is 8.81. The summed E-state index contributed by atoms with van der Waals surface area (Å²) in [6.07, 6.45) is 5.15. The third-order valence-electron chi connectivity index (χ3n) is 6.60.